The van der Waals surface area contributed by atoms with Crippen molar-refractivity contribution in [3.8, 4) is 5.75 Å². The lowest BCUT2D eigenvalue weighted by molar-refractivity contribution is 0.166. The number of aliphatic hydroxyl groups is 1. The predicted molar refractivity (Wildman–Crippen MR) is 62.1 cm³/mol. The molecule has 0 saturated carbocycles. The zero-order valence-electron chi connectivity index (χ0n) is 9.73. The van der Waals surface area contributed by atoms with Crippen molar-refractivity contribution >= 4 is 0 Å². The molecule has 0 aliphatic carbocycles. The molecule has 0 radical (unpaired) electrons. The average Bonchev–Trinajstić information content (AvgIpc) is 2.18. The van der Waals surface area contributed by atoms with Gasteiger partial charge < -0.3 is 9.84 Å². The van der Waals surface area contributed by atoms with E-state index in [1.54, 1.807) is 0 Å². The molecule has 0 aliphatic rings. The van der Waals surface area contributed by atoms with Crippen LogP contribution in [-0.4, -0.2) is 11.2 Å². The van der Waals surface area contributed by atoms with E-state index in [1.807, 2.05) is 38.1 Å². The molecule has 0 aromatic heterocycles. The molecule has 2 nitrogen and oxygen atoms in total. The molecular weight excluding hydrogens is 188 g/mol. The van der Waals surface area contributed by atoms with Gasteiger partial charge in [0.1, 0.15) is 5.75 Å². The molecular formula is C13H20O2. The molecule has 0 amide bonds. The van der Waals surface area contributed by atoms with E-state index in [0.717, 1.165) is 24.2 Å². The summed E-state index contributed by atoms with van der Waals surface area (Å²) in [6, 6.07) is 7.68. The molecule has 1 aromatic rings. The Morgan fingerprint density at radius 1 is 1.20 bits per heavy atom. The fourth-order valence-electron chi connectivity index (χ4n) is 1.48. The van der Waals surface area contributed by atoms with Gasteiger partial charge in [0.2, 0.25) is 0 Å². The van der Waals surface area contributed by atoms with Gasteiger partial charge in [0.25, 0.3) is 0 Å². The monoisotopic (exact) mass is 208 g/mol. The second kappa shape index (κ2) is 5.76. The van der Waals surface area contributed by atoms with Gasteiger partial charge >= 0.3 is 0 Å². The maximum absolute atomic E-state index is 9.75. The summed E-state index contributed by atoms with van der Waals surface area (Å²) in [5, 5.41) is 9.75. The van der Waals surface area contributed by atoms with E-state index in [-0.39, 0.29) is 12.2 Å². The Kier molecular flexibility index (Phi) is 4.63. The Bertz CT molecular complexity index is 277. The summed E-state index contributed by atoms with van der Waals surface area (Å²) in [7, 11) is 0. The second-order valence-electron chi connectivity index (χ2n) is 4.04. The highest BCUT2D eigenvalue weighted by Crippen LogP contribution is 2.21. The minimum Gasteiger partial charge on any atom is -0.491 e. The Morgan fingerprint density at radius 3 is 2.27 bits per heavy atom. The Labute approximate surface area is 91.9 Å². The van der Waals surface area contributed by atoms with Gasteiger partial charge in [0.15, 0.2) is 0 Å². The molecule has 0 fully saturated rings. The molecule has 1 rings (SSSR count). The van der Waals surface area contributed by atoms with Crippen LogP contribution in [0.25, 0.3) is 0 Å². The van der Waals surface area contributed by atoms with Gasteiger partial charge in [-0.05, 0) is 38.0 Å². The van der Waals surface area contributed by atoms with Crippen molar-refractivity contribution in [1.29, 1.82) is 0 Å². The SMILES string of the molecule is CCCC(O)c1ccc(OC(C)C)cc1. The highest BCUT2D eigenvalue weighted by Gasteiger charge is 2.06. The van der Waals surface area contributed by atoms with Gasteiger partial charge in [0, 0.05) is 0 Å². The third-order valence-corrected chi connectivity index (χ3v) is 2.20. The second-order valence-corrected chi connectivity index (χ2v) is 4.04. The largest absolute Gasteiger partial charge is 0.491 e. The number of hydrogen-bond donors (Lipinski definition) is 1. The molecule has 0 heterocycles. The molecule has 1 unspecified atom stereocenters. The standard InChI is InChI=1S/C13H20O2/c1-4-5-13(14)11-6-8-12(9-7-11)15-10(2)3/h6-10,13-14H,4-5H2,1-3H3. The lowest BCUT2D eigenvalue weighted by atomic mass is 10.1. The third-order valence-electron chi connectivity index (χ3n) is 2.20. The molecule has 0 spiro atoms. The molecule has 0 saturated heterocycles. The summed E-state index contributed by atoms with van der Waals surface area (Å²) in [5.74, 6) is 0.859. The third kappa shape index (κ3) is 3.92. The Morgan fingerprint density at radius 2 is 1.80 bits per heavy atom. The number of benzene rings is 1. The van der Waals surface area contributed by atoms with E-state index in [0.29, 0.717) is 0 Å². The molecule has 15 heavy (non-hydrogen) atoms. The number of aliphatic hydroxyl groups excluding tert-OH is 1. The van der Waals surface area contributed by atoms with E-state index < -0.39 is 0 Å². The maximum Gasteiger partial charge on any atom is 0.119 e. The topological polar surface area (TPSA) is 29.5 Å². The highest BCUT2D eigenvalue weighted by atomic mass is 16.5. The first kappa shape index (κ1) is 12.1. The number of ether oxygens (including phenoxy) is 1. The van der Waals surface area contributed by atoms with Gasteiger partial charge in [-0.15, -0.1) is 0 Å². The highest BCUT2D eigenvalue weighted by molar-refractivity contribution is 5.28. The van der Waals surface area contributed by atoms with Crippen molar-refractivity contribution in [1.82, 2.24) is 0 Å². The summed E-state index contributed by atoms with van der Waals surface area (Å²) in [4.78, 5) is 0. The van der Waals surface area contributed by atoms with Crippen LogP contribution in [0.1, 0.15) is 45.3 Å². The first-order valence-corrected chi connectivity index (χ1v) is 5.58. The van der Waals surface area contributed by atoms with Crippen LogP contribution < -0.4 is 4.74 Å². The van der Waals surface area contributed by atoms with Crippen molar-refractivity contribution in [2.75, 3.05) is 0 Å². The Balaban J connectivity index is 2.63. The minimum atomic E-state index is -0.344. The van der Waals surface area contributed by atoms with Crippen molar-refractivity contribution in [3.63, 3.8) is 0 Å². The van der Waals surface area contributed by atoms with Gasteiger partial charge in [0.05, 0.1) is 12.2 Å². The van der Waals surface area contributed by atoms with Gasteiger partial charge in [-0.3, -0.25) is 0 Å². The summed E-state index contributed by atoms with van der Waals surface area (Å²) in [6.45, 7) is 6.07. The molecule has 0 bridgehead atoms. The first-order chi connectivity index (χ1) is 7.13. The molecule has 1 N–H and O–H groups in total. The molecule has 1 aromatic carbocycles. The normalized spacial score (nSPS) is 12.9. The number of hydrogen-bond acceptors (Lipinski definition) is 2. The summed E-state index contributed by atoms with van der Waals surface area (Å²) < 4.78 is 5.53. The van der Waals surface area contributed by atoms with Crippen LogP contribution >= 0.6 is 0 Å². The fourth-order valence-corrected chi connectivity index (χ4v) is 1.48. The molecule has 0 aliphatic heterocycles. The lowest BCUT2D eigenvalue weighted by Gasteiger charge is -2.12. The smallest absolute Gasteiger partial charge is 0.119 e. The van der Waals surface area contributed by atoms with E-state index in [2.05, 4.69) is 6.92 Å². The van der Waals surface area contributed by atoms with Crippen molar-refractivity contribution in [2.45, 2.75) is 45.8 Å². The summed E-state index contributed by atoms with van der Waals surface area (Å²) >= 11 is 0. The van der Waals surface area contributed by atoms with Crippen LogP contribution in [0, 0.1) is 0 Å². The lowest BCUT2D eigenvalue weighted by Crippen LogP contribution is -2.05. The van der Waals surface area contributed by atoms with Crippen molar-refractivity contribution < 1.29 is 9.84 Å². The zero-order valence-corrected chi connectivity index (χ0v) is 9.73. The molecule has 84 valence electrons. The van der Waals surface area contributed by atoms with E-state index in [1.165, 1.54) is 0 Å². The van der Waals surface area contributed by atoms with Crippen LogP contribution in [0.15, 0.2) is 24.3 Å². The van der Waals surface area contributed by atoms with Gasteiger partial charge in [-0.25, -0.2) is 0 Å². The number of rotatable bonds is 5. The van der Waals surface area contributed by atoms with E-state index in [9.17, 15) is 5.11 Å². The van der Waals surface area contributed by atoms with Gasteiger partial charge in [-0.2, -0.15) is 0 Å². The average molecular weight is 208 g/mol. The molecule has 1 atom stereocenters. The van der Waals surface area contributed by atoms with Crippen LogP contribution in [0.3, 0.4) is 0 Å². The van der Waals surface area contributed by atoms with Crippen LogP contribution in [0.4, 0.5) is 0 Å². The summed E-state index contributed by atoms with van der Waals surface area (Å²) in [5.41, 5.74) is 0.966. The van der Waals surface area contributed by atoms with Gasteiger partial charge in [-0.1, -0.05) is 25.5 Å². The van der Waals surface area contributed by atoms with Crippen LogP contribution in [-0.2, 0) is 0 Å². The fraction of sp³-hybridized carbons (Fsp3) is 0.538. The Hall–Kier alpha value is -1.02. The predicted octanol–water partition coefficient (Wildman–Crippen LogP) is 3.31. The quantitative estimate of drug-likeness (QED) is 0.804. The minimum absolute atomic E-state index is 0.191. The summed E-state index contributed by atoms with van der Waals surface area (Å²) in [6.07, 6.45) is 1.65. The first-order valence-electron chi connectivity index (χ1n) is 5.58. The van der Waals surface area contributed by atoms with E-state index in [4.69, 9.17) is 4.74 Å². The van der Waals surface area contributed by atoms with Crippen molar-refractivity contribution in [3.05, 3.63) is 29.8 Å². The zero-order chi connectivity index (χ0) is 11.3. The van der Waals surface area contributed by atoms with Crippen LogP contribution in [0.5, 0.6) is 5.75 Å². The van der Waals surface area contributed by atoms with Crippen molar-refractivity contribution in [2.24, 2.45) is 0 Å². The van der Waals surface area contributed by atoms with E-state index >= 15 is 0 Å². The van der Waals surface area contributed by atoms with Crippen LogP contribution in [0.2, 0.25) is 0 Å². The molecule has 2 heteroatoms. The maximum atomic E-state index is 9.75.